The van der Waals surface area contributed by atoms with Crippen molar-refractivity contribution in [3.63, 3.8) is 0 Å². The van der Waals surface area contributed by atoms with E-state index >= 15 is 0 Å². The van der Waals surface area contributed by atoms with Gasteiger partial charge in [0.2, 0.25) is 0 Å². The Labute approximate surface area is 120 Å². The number of benzene rings is 1. The lowest BCUT2D eigenvalue weighted by Gasteiger charge is -2.14. The van der Waals surface area contributed by atoms with Crippen LogP contribution in [0.4, 0.5) is 10.1 Å². The number of nitrogens with two attached hydrogens (primary N) is 1. The van der Waals surface area contributed by atoms with Crippen molar-refractivity contribution in [2.75, 3.05) is 5.43 Å². The zero-order valence-corrected chi connectivity index (χ0v) is 12.1. The van der Waals surface area contributed by atoms with Crippen LogP contribution in [0.5, 0.6) is 0 Å². The van der Waals surface area contributed by atoms with Gasteiger partial charge in [0.25, 0.3) is 5.91 Å². The Morgan fingerprint density at radius 3 is 2.70 bits per heavy atom. The van der Waals surface area contributed by atoms with E-state index in [0.29, 0.717) is 0 Å². The van der Waals surface area contributed by atoms with Gasteiger partial charge in [0.15, 0.2) is 0 Å². The van der Waals surface area contributed by atoms with Crippen LogP contribution in [0.1, 0.15) is 33.1 Å². The van der Waals surface area contributed by atoms with Gasteiger partial charge < -0.3 is 10.7 Å². The molecule has 0 spiro atoms. The van der Waals surface area contributed by atoms with Gasteiger partial charge in [-0.25, -0.2) is 4.39 Å². The molecule has 2 aromatic rings. The van der Waals surface area contributed by atoms with Gasteiger partial charge in [-0.1, -0.05) is 6.07 Å². The lowest BCUT2D eigenvalue weighted by Crippen LogP contribution is -2.27. The van der Waals surface area contributed by atoms with Gasteiger partial charge in [-0.05, 0) is 38.1 Å². The van der Waals surface area contributed by atoms with Crippen molar-refractivity contribution in [1.29, 1.82) is 0 Å². The fourth-order valence-electron chi connectivity index (χ4n) is 1.89. The van der Waals surface area contributed by atoms with Crippen molar-refractivity contribution in [3.05, 3.63) is 51.5 Å². The van der Waals surface area contributed by atoms with E-state index in [9.17, 15) is 9.18 Å². The quantitative estimate of drug-likeness (QED) is 0.599. The van der Waals surface area contributed by atoms with E-state index in [-0.39, 0.29) is 23.2 Å². The predicted molar refractivity (Wildman–Crippen MR) is 79.1 cm³/mol. The van der Waals surface area contributed by atoms with Crippen LogP contribution < -0.4 is 16.6 Å². The third-order valence-corrected chi connectivity index (χ3v) is 4.12. The molecule has 1 aromatic heterocycles. The Morgan fingerprint density at radius 1 is 1.35 bits per heavy atom. The van der Waals surface area contributed by atoms with Crippen LogP contribution in [0.2, 0.25) is 0 Å². The van der Waals surface area contributed by atoms with Crippen molar-refractivity contribution < 1.29 is 9.18 Å². The molecule has 0 fully saturated rings. The van der Waals surface area contributed by atoms with Gasteiger partial charge in [0.1, 0.15) is 5.82 Å². The molecule has 1 heterocycles. The minimum Gasteiger partial charge on any atom is -0.345 e. The molecule has 1 atom stereocenters. The van der Waals surface area contributed by atoms with Gasteiger partial charge in [-0.3, -0.25) is 10.6 Å². The third kappa shape index (κ3) is 2.97. The van der Waals surface area contributed by atoms with Crippen LogP contribution in [0.25, 0.3) is 0 Å². The molecule has 2 rings (SSSR count). The second-order valence-electron chi connectivity index (χ2n) is 4.45. The van der Waals surface area contributed by atoms with Crippen LogP contribution in [-0.4, -0.2) is 5.91 Å². The van der Waals surface area contributed by atoms with Crippen LogP contribution in [0, 0.1) is 12.7 Å². The average molecular weight is 293 g/mol. The molecule has 6 heteroatoms. The van der Waals surface area contributed by atoms with Crippen molar-refractivity contribution in [2.45, 2.75) is 19.9 Å². The summed E-state index contributed by atoms with van der Waals surface area (Å²) in [7, 11) is 0. The van der Waals surface area contributed by atoms with E-state index in [2.05, 4.69) is 10.7 Å². The monoisotopic (exact) mass is 293 g/mol. The summed E-state index contributed by atoms with van der Waals surface area (Å²) < 4.78 is 13.6. The van der Waals surface area contributed by atoms with Crippen LogP contribution in [0.3, 0.4) is 0 Å². The second kappa shape index (κ2) is 6.02. The molecule has 0 radical (unpaired) electrons. The number of amides is 1. The molecule has 0 aliphatic carbocycles. The SMILES string of the molecule is Cc1ccc(C(C)NC(=O)c2cccc(F)c2NN)s1. The van der Waals surface area contributed by atoms with Gasteiger partial charge in [-0.15, -0.1) is 11.3 Å². The summed E-state index contributed by atoms with van der Waals surface area (Å²) in [6.07, 6.45) is 0. The smallest absolute Gasteiger partial charge is 0.254 e. The first kappa shape index (κ1) is 14.5. The molecule has 20 heavy (non-hydrogen) atoms. The largest absolute Gasteiger partial charge is 0.345 e. The normalized spacial score (nSPS) is 12.0. The summed E-state index contributed by atoms with van der Waals surface area (Å²) in [5.74, 6) is 4.35. The average Bonchev–Trinajstić information content (AvgIpc) is 2.85. The molecule has 0 aliphatic heterocycles. The van der Waals surface area contributed by atoms with E-state index in [1.165, 1.54) is 23.1 Å². The van der Waals surface area contributed by atoms with Crippen LogP contribution >= 0.6 is 11.3 Å². The Morgan fingerprint density at radius 2 is 2.10 bits per heavy atom. The zero-order chi connectivity index (χ0) is 14.7. The zero-order valence-electron chi connectivity index (χ0n) is 11.2. The van der Waals surface area contributed by atoms with Crippen LogP contribution in [0.15, 0.2) is 30.3 Å². The summed E-state index contributed by atoms with van der Waals surface area (Å²) in [6.45, 7) is 3.89. The van der Waals surface area contributed by atoms with E-state index < -0.39 is 5.82 Å². The maximum absolute atomic E-state index is 13.6. The van der Waals surface area contributed by atoms with Gasteiger partial charge in [0, 0.05) is 9.75 Å². The van der Waals surface area contributed by atoms with E-state index in [4.69, 9.17) is 5.84 Å². The fraction of sp³-hybridized carbons (Fsp3) is 0.214. The number of aryl methyl sites for hydroxylation is 1. The number of rotatable bonds is 4. The first-order chi connectivity index (χ1) is 9.52. The predicted octanol–water partition coefficient (Wildman–Crippen LogP) is 2.97. The molecular weight excluding hydrogens is 277 g/mol. The molecule has 106 valence electrons. The topological polar surface area (TPSA) is 67.2 Å². The molecular formula is C14H16FN3OS. The molecule has 0 aliphatic rings. The number of carbonyl (C=O) groups excluding carboxylic acids is 1. The highest BCUT2D eigenvalue weighted by Crippen LogP contribution is 2.24. The Hall–Kier alpha value is -1.92. The number of anilines is 1. The molecule has 1 unspecified atom stereocenters. The molecule has 0 saturated carbocycles. The van der Waals surface area contributed by atoms with E-state index in [1.54, 1.807) is 11.3 Å². The van der Waals surface area contributed by atoms with E-state index in [0.717, 1.165) is 4.88 Å². The lowest BCUT2D eigenvalue weighted by molar-refractivity contribution is 0.0941. The summed E-state index contributed by atoms with van der Waals surface area (Å²) >= 11 is 1.62. The fourth-order valence-corrected chi connectivity index (χ4v) is 2.77. The highest BCUT2D eigenvalue weighted by molar-refractivity contribution is 7.12. The summed E-state index contributed by atoms with van der Waals surface area (Å²) in [5, 5.41) is 2.84. The van der Waals surface area contributed by atoms with Gasteiger partial charge >= 0.3 is 0 Å². The maximum atomic E-state index is 13.6. The van der Waals surface area contributed by atoms with Crippen molar-refractivity contribution in [1.82, 2.24) is 5.32 Å². The van der Waals surface area contributed by atoms with Crippen molar-refractivity contribution in [3.8, 4) is 0 Å². The number of hydrogen-bond donors (Lipinski definition) is 3. The number of hydrogen-bond acceptors (Lipinski definition) is 4. The molecule has 1 amide bonds. The number of hydrazine groups is 1. The van der Waals surface area contributed by atoms with Crippen molar-refractivity contribution in [2.24, 2.45) is 5.84 Å². The first-order valence-corrected chi connectivity index (χ1v) is 6.97. The molecule has 0 bridgehead atoms. The maximum Gasteiger partial charge on any atom is 0.254 e. The second-order valence-corrected chi connectivity index (χ2v) is 5.77. The Bertz CT molecular complexity index is 627. The molecule has 4 nitrogen and oxygen atoms in total. The van der Waals surface area contributed by atoms with E-state index in [1.807, 2.05) is 26.0 Å². The summed E-state index contributed by atoms with van der Waals surface area (Å²) in [4.78, 5) is 14.4. The summed E-state index contributed by atoms with van der Waals surface area (Å²) in [5.41, 5.74) is 2.42. The highest BCUT2D eigenvalue weighted by atomic mass is 32.1. The lowest BCUT2D eigenvalue weighted by atomic mass is 10.1. The van der Waals surface area contributed by atoms with Crippen molar-refractivity contribution >= 4 is 22.9 Å². The number of nitrogens with one attached hydrogen (secondary N) is 2. The Balaban J connectivity index is 2.18. The highest BCUT2D eigenvalue weighted by Gasteiger charge is 2.17. The minimum atomic E-state index is -0.556. The molecule has 1 aromatic carbocycles. The van der Waals surface area contributed by atoms with Gasteiger partial charge in [-0.2, -0.15) is 0 Å². The number of halogens is 1. The number of thiophene rings is 1. The summed E-state index contributed by atoms with van der Waals surface area (Å²) in [6, 6.07) is 8.08. The number of nitrogen functional groups attached to an aromatic ring is 1. The van der Waals surface area contributed by atoms with Gasteiger partial charge in [0.05, 0.1) is 17.3 Å². The first-order valence-electron chi connectivity index (χ1n) is 6.15. The number of carbonyl (C=O) groups is 1. The number of para-hydroxylation sites is 1. The van der Waals surface area contributed by atoms with Crippen LogP contribution in [-0.2, 0) is 0 Å². The standard InChI is InChI=1S/C14H16FN3OS/c1-8-6-7-12(20-8)9(2)17-14(19)10-4-3-5-11(15)13(10)18-16/h3-7,9,18H,16H2,1-2H3,(H,17,19). The Kier molecular flexibility index (Phi) is 4.36. The minimum absolute atomic E-state index is 0.000407. The molecule has 0 saturated heterocycles. The molecule has 4 N–H and O–H groups in total. The third-order valence-electron chi connectivity index (χ3n) is 2.94.